The van der Waals surface area contributed by atoms with Crippen LogP contribution in [0.25, 0.3) is 11.3 Å². The average molecular weight is 329 g/mol. The number of benzene rings is 1. The Hall–Kier alpha value is -1.72. The second-order valence-corrected chi connectivity index (χ2v) is 7.68. The predicted octanol–water partition coefficient (Wildman–Crippen LogP) is 3.96. The van der Waals surface area contributed by atoms with Crippen LogP contribution in [0, 0.1) is 12.8 Å². The van der Waals surface area contributed by atoms with Crippen LogP contribution in [0.4, 0.5) is 5.69 Å². The molecule has 0 saturated heterocycles. The Morgan fingerprint density at radius 2 is 2.09 bits per heavy atom. The molecule has 3 rings (SSSR count). The summed E-state index contributed by atoms with van der Waals surface area (Å²) < 4.78 is 0. The summed E-state index contributed by atoms with van der Waals surface area (Å²) in [6.45, 7) is 3.99. The van der Waals surface area contributed by atoms with Crippen molar-refractivity contribution in [2.24, 2.45) is 11.7 Å². The van der Waals surface area contributed by atoms with E-state index in [0.29, 0.717) is 0 Å². The maximum absolute atomic E-state index is 12.5. The first-order chi connectivity index (χ1) is 11.0. The molecule has 0 bridgehead atoms. The van der Waals surface area contributed by atoms with E-state index in [1.807, 2.05) is 43.5 Å². The molecule has 0 spiro atoms. The minimum absolute atomic E-state index is 0.0342. The van der Waals surface area contributed by atoms with Gasteiger partial charge in [0.25, 0.3) is 0 Å². The zero-order valence-corrected chi connectivity index (χ0v) is 14.5. The Bertz CT molecular complexity index is 691. The molecule has 0 aliphatic heterocycles. The van der Waals surface area contributed by atoms with Crippen molar-refractivity contribution in [1.29, 1.82) is 0 Å². The molecule has 122 valence electrons. The van der Waals surface area contributed by atoms with Gasteiger partial charge in [-0.1, -0.05) is 25.0 Å². The van der Waals surface area contributed by atoms with Crippen LogP contribution in [0.2, 0.25) is 0 Å². The molecule has 1 saturated carbocycles. The topological polar surface area (TPSA) is 68.0 Å². The third kappa shape index (κ3) is 3.62. The molecule has 3 N–H and O–H groups in total. The maximum Gasteiger partial charge on any atom is 0.229 e. The third-order valence-corrected chi connectivity index (χ3v) is 5.41. The quantitative estimate of drug-likeness (QED) is 0.895. The van der Waals surface area contributed by atoms with Gasteiger partial charge in [0.15, 0.2) is 0 Å². The number of aromatic nitrogens is 1. The fraction of sp³-hybridized carbons (Fsp3) is 0.444. The molecule has 1 aliphatic rings. The average Bonchev–Trinajstić information content (AvgIpc) is 2.94. The van der Waals surface area contributed by atoms with E-state index in [2.05, 4.69) is 10.3 Å². The van der Waals surface area contributed by atoms with Gasteiger partial charge >= 0.3 is 0 Å². The molecule has 1 aromatic heterocycles. The molecule has 1 amide bonds. The number of hydrogen-bond donors (Lipinski definition) is 2. The SMILES string of the molecule is Cc1nc(-c2ccc(NC(=O)C3CCCCC3(C)N)cc2)cs1. The molecule has 0 radical (unpaired) electrons. The Morgan fingerprint density at radius 3 is 2.70 bits per heavy atom. The van der Waals surface area contributed by atoms with E-state index < -0.39 is 5.54 Å². The number of nitrogens with one attached hydrogen (secondary N) is 1. The summed E-state index contributed by atoms with van der Waals surface area (Å²) in [4.78, 5) is 17.0. The lowest BCUT2D eigenvalue weighted by Crippen LogP contribution is -2.51. The monoisotopic (exact) mass is 329 g/mol. The molecule has 2 unspecified atom stereocenters. The highest BCUT2D eigenvalue weighted by molar-refractivity contribution is 7.09. The minimum Gasteiger partial charge on any atom is -0.326 e. The Balaban J connectivity index is 1.69. The zero-order valence-electron chi connectivity index (χ0n) is 13.6. The molecule has 1 aliphatic carbocycles. The third-order valence-electron chi connectivity index (χ3n) is 4.64. The van der Waals surface area contributed by atoms with Crippen molar-refractivity contribution in [2.75, 3.05) is 5.32 Å². The Labute approximate surface area is 141 Å². The van der Waals surface area contributed by atoms with E-state index in [0.717, 1.165) is 47.6 Å². The van der Waals surface area contributed by atoms with Gasteiger partial charge in [0.1, 0.15) is 0 Å². The molecule has 5 heteroatoms. The second kappa shape index (κ2) is 6.42. The maximum atomic E-state index is 12.5. The highest BCUT2D eigenvalue weighted by Crippen LogP contribution is 2.32. The lowest BCUT2D eigenvalue weighted by Gasteiger charge is -2.37. The molecule has 23 heavy (non-hydrogen) atoms. The minimum atomic E-state index is -0.402. The zero-order chi connectivity index (χ0) is 16.4. The molecule has 1 heterocycles. The summed E-state index contributed by atoms with van der Waals surface area (Å²) in [6, 6.07) is 7.84. The van der Waals surface area contributed by atoms with Crippen molar-refractivity contribution in [3.63, 3.8) is 0 Å². The summed E-state index contributed by atoms with van der Waals surface area (Å²) in [5, 5.41) is 6.11. The molecular weight excluding hydrogens is 306 g/mol. The molecule has 2 atom stereocenters. The standard InChI is InChI=1S/C18H23N3OS/c1-12-20-16(11-23-12)13-6-8-14(9-7-13)21-17(22)15-5-3-4-10-18(15,2)19/h6-9,11,15H,3-5,10,19H2,1-2H3,(H,21,22). The van der Waals surface area contributed by atoms with Gasteiger partial charge < -0.3 is 11.1 Å². The van der Waals surface area contributed by atoms with Gasteiger partial charge in [-0.2, -0.15) is 0 Å². The summed E-state index contributed by atoms with van der Waals surface area (Å²) in [7, 11) is 0. The van der Waals surface area contributed by atoms with Crippen LogP contribution in [0.1, 0.15) is 37.6 Å². The van der Waals surface area contributed by atoms with Crippen LogP contribution in [-0.2, 0) is 4.79 Å². The summed E-state index contributed by atoms with van der Waals surface area (Å²) in [6.07, 6.45) is 3.97. The predicted molar refractivity (Wildman–Crippen MR) is 95.5 cm³/mol. The normalized spacial score (nSPS) is 24.4. The lowest BCUT2D eigenvalue weighted by molar-refractivity contribution is -0.122. The van der Waals surface area contributed by atoms with E-state index >= 15 is 0 Å². The highest BCUT2D eigenvalue weighted by atomic mass is 32.1. The first-order valence-corrected chi connectivity index (χ1v) is 8.96. The van der Waals surface area contributed by atoms with Gasteiger partial charge in [0, 0.05) is 22.2 Å². The first-order valence-electron chi connectivity index (χ1n) is 8.08. The van der Waals surface area contributed by atoms with Crippen LogP contribution in [-0.4, -0.2) is 16.4 Å². The second-order valence-electron chi connectivity index (χ2n) is 6.62. The molecular formula is C18H23N3OS. The first kappa shape index (κ1) is 16.1. The number of hydrogen-bond acceptors (Lipinski definition) is 4. The van der Waals surface area contributed by atoms with E-state index in [1.54, 1.807) is 11.3 Å². The van der Waals surface area contributed by atoms with Crippen LogP contribution >= 0.6 is 11.3 Å². The van der Waals surface area contributed by atoms with Gasteiger partial charge in [-0.3, -0.25) is 4.79 Å². The van der Waals surface area contributed by atoms with Gasteiger partial charge in [-0.05, 0) is 38.8 Å². The van der Waals surface area contributed by atoms with Crippen molar-refractivity contribution in [2.45, 2.75) is 45.1 Å². The molecule has 1 fully saturated rings. The van der Waals surface area contributed by atoms with E-state index in [1.165, 1.54) is 0 Å². The van der Waals surface area contributed by atoms with E-state index in [4.69, 9.17) is 5.73 Å². The number of anilines is 1. The summed E-state index contributed by atoms with van der Waals surface area (Å²) in [5.74, 6) is -0.0796. The molecule has 4 nitrogen and oxygen atoms in total. The van der Waals surface area contributed by atoms with E-state index in [9.17, 15) is 4.79 Å². The number of thiazole rings is 1. The largest absolute Gasteiger partial charge is 0.326 e. The van der Waals surface area contributed by atoms with Crippen LogP contribution in [0.15, 0.2) is 29.6 Å². The molecule has 2 aromatic rings. The molecule has 1 aromatic carbocycles. The van der Waals surface area contributed by atoms with Crippen molar-refractivity contribution >= 4 is 22.9 Å². The van der Waals surface area contributed by atoms with Crippen LogP contribution < -0.4 is 11.1 Å². The number of rotatable bonds is 3. The smallest absolute Gasteiger partial charge is 0.229 e. The van der Waals surface area contributed by atoms with Crippen molar-refractivity contribution in [1.82, 2.24) is 4.98 Å². The van der Waals surface area contributed by atoms with Crippen LogP contribution in [0.5, 0.6) is 0 Å². The number of carbonyl (C=O) groups excluding carboxylic acids is 1. The van der Waals surface area contributed by atoms with Gasteiger partial charge in [-0.15, -0.1) is 11.3 Å². The lowest BCUT2D eigenvalue weighted by atomic mass is 9.74. The fourth-order valence-corrected chi connectivity index (χ4v) is 3.86. The number of nitrogens with zero attached hydrogens (tertiary/aromatic N) is 1. The van der Waals surface area contributed by atoms with Gasteiger partial charge in [0.2, 0.25) is 5.91 Å². The van der Waals surface area contributed by atoms with Crippen LogP contribution in [0.3, 0.4) is 0 Å². The van der Waals surface area contributed by atoms with E-state index in [-0.39, 0.29) is 11.8 Å². The van der Waals surface area contributed by atoms with Gasteiger partial charge in [-0.25, -0.2) is 4.98 Å². The number of amides is 1. The van der Waals surface area contributed by atoms with Gasteiger partial charge in [0.05, 0.1) is 16.6 Å². The van der Waals surface area contributed by atoms with Crippen molar-refractivity contribution in [3.05, 3.63) is 34.7 Å². The number of carbonyl (C=O) groups is 1. The number of aryl methyl sites for hydroxylation is 1. The number of nitrogens with two attached hydrogens (primary N) is 1. The summed E-state index contributed by atoms with van der Waals surface area (Å²) >= 11 is 1.64. The Morgan fingerprint density at radius 1 is 1.35 bits per heavy atom. The van der Waals surface area contributed by atoms with Crippen molar-refractivity contribution < 1.29 is 4.79 Å². The Kier molecular flexibility index (Phi) is 4.50. The van der Waals surface area contributed by atoms with Crippen molar-refractivity contribution in [3.8, 4) is 11.3 Å². The summed E-state index contributed by atoms with van der Waals surface area (Å²) in [5.41, 5.74) is 8.76. The highest BCUT2D eigenvalue weighted by Gasteiger charge is 2.37. The fourth-order valence-electron chi connectivity index (χ4n) is 3.24.